The Hall–Kier alpha value is -0.840. The van der Waals surface area contributed by atoms with Crippen LogP contribution in [0.2, 0.25) is 0 Å². The second-order valence-electron chi connectivity index (χ2n) is 5.93. The average molecular weight is 263 g/mol. The van der Waals surface area contributed by atoms with E-state index in [9.17, 15) is 0 Å². The lowest BCUT2D eigenvalue weighted by atomic mass is 10.1. The van der Waals surface area contributed by atoms with Gasteiger partial charge in [0.2, 0.25) is 0 Å². The van der Waals surface area contributed by atoms with E-state index >= 15 is 0 Å². The first kappa shape index (κ1) is 13.2. The van der Waals surface area contributed by atoms with Gasteiger partial charge in [-0.3, -0.25) is 4.90 Å². The summed E-state index contributed by atoms with van der Waals surface area (Å²) < 4.78 is 5.65. The maximum Gasteiger partial charge on any atom is 0.122 e. The SMILES string of the molecule is CN1CCC(NCC(c2ccco2)N2CCCC2)C1. The standard InChI is InChI=1S/C15H25N3O/c1-17-9-6-13(12-17)16-11-14(15-5-4-10-19-15)18-7-2-3-8-18/h4-5,10,13-14,16H,2-3,6-9,11-12H2,1H3. The summed E-state index contributed by atoms with van der Waals surface area (Å²) in [5, 5.41) is 3.73. The van der Waals surface area contributed by atoms with Gasteiger partial charge in [0, 0.05) is 19.1 Å². The van der Waals surface area contributed by atoms with E-state index < -0.39 is 0 Å². The number of nitrogens with zero attached hydrogens (tertiary/aromatic N) is 2. The zero-order valence-electron chi connectivity index (χ0n) is 11.8. The molecular formula is C15H25N3O. The molecule has 0 aromatic carbocycles. The molecule has 2 saturated heterocycles. The van der Waals surface area contributed by atoms with Crippen molar-refractivity contribution in [3.05, 3.63) is 24.2 Å². The zero-order chi connectivity index (χ0) is 13.1. The Morgan fingerprint density at radius 3 is 2.84 bits per heavy atom. The minimum absolute atomic E-state index is 0.406. The number of hydrogen-bond donors (Lipinski definition) is 1. The van der Waals surface area contributed by atoms with Gasteiger partial charge in [-0.15, -0.1) is 0 Å². The van der Waals surface area contributed by atoms with Crippen LogP contribution in [0.4, 0.5) is 0 Å². The van der Waals surface area contributed by atoms with Gasteiger partial charge < -0.3 is 14.6 Å². The highest BCUT2D eigenvalue weighted by molar-refractivity contribution is 5.06. The van der Waals surface area contributed by atoms with Crippen molar-refractivity contribution in [2.45, 2.75) is 31.3 Å². The van der Waals surface area contributed by atoms with Crippen LogP contribution in [0.3, 0.4) is 0 Å². The van der Waals surface area contributed by atoms with E-state index in [1.807, 2.05) is 6.07 Å². The fourth-order valence-electron chi connectivity index (χ4n) is 3.32. The average Bonchev–Trinajstić information content (AvgIpc) is 3.11. The summed E-state index contributed by atoms with van der Waals surface area (Å²) in [7, 11) is 2.20. The minimum atomic E-state index is 0.406. The second kappa shape index (κ2) is 6.07. The Bertz CT molecular complexity index is 373. The molecule has 0 amide bonds. The van der Waals surface area contributed by atoms with Crippen molar-refractivity contribution < 1.29 is 4.42 Å². The van der Waals surface area contributed by atoms with Crippen molar-refractivity contribution >= 4 is 0 Å². The molecule has 3 heterocycles. The van der Waals surface area contributed by atoms with Gasteiger partial charge >= 0.3 is 0 Å². The molecule has 19 heavy (non-hydrogen) atoms. The first-order valence-corrected chi connectivity index (χ1v) is 7.52. The van der Waals surface area contributed by atoms with Crippen molar-refractivity contribution in [2.75, 3.05) is 39.8 Å². The molecule has 4 heteroatoms. The highest BCUT2D eigenvalue weighted by Crippen LogP contribution is 2.25. The number of rotatable bonds is 5. The first-order chi connectivity index (χ1) is 9.33. The van der Waals surface area contributed by atoms with Crippen molar-refractivity contribution in [2.24, 2.45) is 0 Å². The van der Waals surface area contributed by atoms with E-state index in [0.717, 1.165) is 12.3 Å². The van der Waals surface area contributed by atoms with E-state index in [2.05, 4.69) is 28.2 Å². The molecule has 1 aromatic rings. The van der Waals surface area contributed by atoms with E-state index in [-0.39, 0.29) is 0 Å². The van der Waals surface area contributed by atoms with Crippen LogP contribution in [-0.2, 0) is 0 Å². The van der Waals surface area contributed by atoms with Crippen LogP contribution in [0.25, 0.3) is 0 Å². The molecule has 2 atom stereocenters. The first-order valence-electron chi connectivity index (χ1n) is 7.52. The van der Waals surface area contributed by atoms with Crippen LogP contribution in [0.15, 0.2) is 22.8 Å². The van der Waals surface area contributed by atoms with Crippen molar-refractivity contribution in [3.8, 4) is 0 Å². The summed E-state index contributed by atoms with van der Waals surface area (Å²) >= 11 is 0. The highest BCUT2D eigenvalue weighted by Gasteiger charge is 2.27. The molecule has 0 aliphatic carbocycles. The maximum atomic E-state index is 5.65. The molecule has 1 N–H and O–H groups in total. The van der Waals surface area contributed by atoms with Gasteiger partial charge in [-0.1, -0.05) is 0 Å². The molecule has 106 valence electrons. The predicted octanol–water partition coefficient (Wildman–Crippen LogP) is 1.71. The van der Waals surface area contributed by atoms with Gasteiger partial charge in [0.05, 0.1) is 12.3 Å². The molecular weight excluding hydrogens is 238 g/mol. The summed E-state index contributed by atoms with van der Waals surface area (Å²) in [5.74, 6) is 1.11. The Morgan fingerprint density at radius 2 is 2.21 bits per heavy atom. The molecule has 2 fully saturated rings. The van der Waals surface area contributed by atoms with Crippen molar-refractivity contribution in [1.29, 1.82) is 0 Å². The van der Waals surface area contributed by atoms with Gasteiger partial charge in [0.1, 0.15) is 5.76 Å². The zero-order valence-corrected chi connectivity index (χ0v) is 11.8. The van der Waals surface area contributed by atoms with E-state index in [1.54, 1.807) is 6.26 Å². The summed E-state index contributed by atoms with van der Waals surface area (Å²) in [6, 6.07) is 5.17. The Labute approximate surface area is 115 Å². The third-order valence-corrected chi connectivity index (χ3v) is 4.44. The van der Waals surface area contributed by atoms with Gasteiger partial charge in [-0.25, -0.2) is 0 Å². The van der Waals surface area contributed by atoms with Crippen molar-refractivity contribution in [3.63, 3.8) is 0 Å². The monoisotopic (exact) mass is 263 g/mol. The fraction of sp³-hybridized carbons (Fsp3) is 0.733. The Kier molecular flexibility index (Phi) is 4.21. The molecule has 2 aliphatic rings. The molecule has 3 rings (SSSR count). The van der Waals surface area contributed by atoms with Gasteiger partial charge in [-0.05, 0) is 58.1 Å². The maximum absolute atomic E-state index is 5.65. The number of likely N-dealkylation sites (tertiary alicyclic amines) is 2. The van der Waals surface area contributed by atoms with E-state index in [0.29, 0.717) is 12.1 Å². The number of hydrogen-bond acceptors (Lipinski definition) is 4. The molecule has 4 nitrogen and oxygen atoms in total. The van der Waals surface area contributed by atoms with Gasteiger partial charge in [0.25, 0.3) is 0 Å². The fourth-order valence-corrected chi connectivity index (χ4v) is 3.32. The molecule has 1 aromatic heterocycles. The van der Waals surface area contributed by atoms with Crippen LogP contribution in [0, 0.1) is 0 Å². The lowest BCUT2D eigenvalue weighted by Gasteiger charge is -2.27. The number of likely N-dealkylation sites (N-methyl/N-ethyl adjacent to an activating group) is 1. The number of furan rings is 1. The summed E-state index contributed by atoms with van der Waals surface area (Å²) in [6.45, 7) is 5.80. The quantitative estimate of drug-likeness (QED) is 0.876. The molecule has 0 spiro atoms. The largest absolute Gasteiger partial charge is 0.468 e. The third kappa shape index (κ3) is 3.19. The van der Waals surface area contributed by atoms with Crippen molar-refractivity contribution in [1.82, 2.24) is 15.1 Å². The lowest BCUT2D eigenvalue weighted by molar-refractivity contribution is 0.204. The van der Waals surface area contributed by atoms with Crippen LogP contribution < -0.4 is 5.32 Å². The topological polar surface area (TPSA) is 31.6 Å². The summed E-state index contributed by atoms with van der Waals surface area (Å²) in [6.07, 6.45) is 5.70. The van der Waals surface area contributed by atoms with Crippen LogP contribution in [0.1, 0.15) is 31.1 Å². The lowest BCUT2D eigenvalue weighted by Crippen LogP contribution is -2.39. The second-order valence-corrected chi connectivity index (χ2v) is 5.93. The molecule has 0 radical (unpaired) electrons. The molecule has 2 aliphatic heterocycles. The highest BCUT2D eigenvalue weighted by atomic mass is 16.3. The van der Waals surface area contributed by atoms with Crippen LogP contribution in [0.5, 0.6) is 0 Å². The Balaban J connectivity index is 1.59. The summed E-state index contributed by atoms with van der Waals surface area (Å²) in [5.41, 5.74) is 0. The van der Waals surface area contributed by atoms with Crippen LogP contribution in [-0.4, -0.2) is 55.6 Å². The molecule has 0 bridgehead atoms. The van der Waals surface area contributed by atoms with Crippen LogP contribution >= 0.6 is 0 Å². The number of nitrogens with one attached hydrogen (secondary N) is 1. The Morgan fingerprint density at radius 1 is 1.37 bits per heavy atom. The van der Waals surface area contributed by atoms with E-state index in [1.165, 1.54) is 45.4 Å². The predicted molar refractivity (Wildman–Crippen MR) is 76.2 cm³/mol. The van der Waals surface area contributed by atoms with Gasteiger partial charge in [-0.2, -0.15) is 0 Å². The van der Waals surface area contributed by atoms with Gasteiger partial charge in [0.15, 0.2) is 0 Å². The minimum Gasteiger partial charge on any atom is -0.468 e. The van der Waals surface area contributed by atoms with E-state index in [4.69, 9.17) is 4.42 Å². The smallest absolute Gasteiger partial charge is 0.122 e. The normalized spacial score (nSPS) is 27.1. The summed E-state index contributed by atoms with van der Waals surface area (Å²) in [4.78, 5) is 4.96. The molecule has 2 unspecified atom stereocenters. The molecule has 0 saturated carbocycles. The third-order valence-electron chi connectivity index (χ3n) is 4.44.